The van der Waals surface area contributed by atoms with E-state index < -0.39 is 0 Å². The third-order valence-corrected chi connectivity index (χ3v) is 6.57. The molecule has 2 aromatic rings. The Hall–Kier alpha value is -3.06. The quantitative estimate of drug-likeness (QED) is 0.699. The van der Waals surface area contributed by atoms with Gasteiger partial charge in [-0.3, -0.25) is 9.69 Å². The lowest BCUT2D eigenvalue weighted by molar-refractivity contribution is -0.114. The van der Waals surface area contributed by atoms with Crippen molar-refractivity contribution in [3.05, 3.63) is 54.1 Å². The Morgan fingerprint density at radius 3 is 2.70 bits per heavy atom. The summed E-state index contributed by atoms with van der Waals surface area (Å²) in [6.45, 7) is 9.28. The Labute approximate surface area is 195 Å². The van der Waals surface area contributed by atoms with Crippen molar-refractivity contribution in [3.8, 4) is 5.75 Å². The average Bonchev–Trinajstić information content (AvgIpc) is 3.47. The minimum atomic E-state index is -0.168. The van der Waals surface area contributed by atoms with Gasteiger partial charge >= 0.3 is 0 Å². The first kappa shape index (κ1) is 21.8. The Bertz CT molecular complexity index is 1030. The van der Waals surface area contributed by atoms with Gasteiger partial charge in [0.15, 0.2) is 5.78 Å². The van der Waals surface area contributed by atoms with Gasteiger partial charge in [-0.1, -0.05) is 35.5 Å². The predicted octanol–water partition coefficient (Wildman–Crippen LogP) is 3.52. The number of para-hydroxylation sites is 3. The number of carbonyl (C=O) groups excluding carboxylic acids is 1. The number of benzene rings is 2. The summed E-state index contributed by atoms with van der Waals surface area (Å²) in [6.07, 6.45) is 0.678. The van der Waals surface area contributed by atoms with Gasteiger partial charge in [0.25, 0.3) is 0 Å². The number of hydrogen-bond donors (Lipinski definition) is 1. The molecule has 0 bridgehead atoms. The Kier molecular flexibility index (Phi) is 6.22. The third kappa shape index (κ3) is 4.69. The number of ketones is 1. The van der Waals surface area contributed by atoms with Crippen LogP contribution in [0, 0.1) is 0 Å². The normalized spacial score (nSPS) is 22.5. The molecule has 3 aliphatic rings. The van der Waals surface area contributed by atoms with Gasteiger partial charge in [0.2, 0.25) is 0 Å². The van der Waals surface area contributed by atoms with Crippen molar-refractivity contribution < 1.29 is 14.4 Å². The highest BCUT2D eigenvalue weighted by molar-refractivity contribution is 6.42. The third-order valence-electron chi connectivity index (χ3n) is 6.57. The maximum Gasteiger partial charge on any atom is 0.189 e. The summed E-state index contributed by atoms with van der Waals surface area (Å²) in [5, 5.41) is 7.51. The van der Waals surface area contributed by atoms with E-state index in [2.05, 4.69) is 46.3 Å². The van der Waals surface area contributed by atoms with E-state index in [1.54, 1.807) is 0 Å². The molecule has 0 aromatic heterocycles. The number of piperazine rings is 1. The van der Waals surface area contributed by atoms with Crippen LogP contribution in [0.15, 0.2) is 53.7 Å². The van der Waals surface area contributed by atoms with Crippen LogP contribution in [0.2, 0.25) is 0 Å². The van der Waals surface area contributed by atoms with Crippen molar-refractivity contribution in [2.24, 2.45) is 5.16 Å². The highest BCUT2D eigenvalue weighted by Crippen LogP contribution is 2.33. The topological polar surface area (TPSA) is 66.4 Å². The monoisotopic (exact) mass is 448 g/mol. The second kappa shape index (κ2) is 9.43. The molecule has 7 heteroatoms. The molecule has 2 atom stereocenters. The van der Waals surface area contributed by atoms with Crippen LogP contribution in [0.1, 0.15) is 31.7 Å². The molecule has 7 nitrogen and oxygen atoms in total. The van der Waals surface area contributed by atoms with Gasteiger partial charge < -0.3 is 19.8 Å². The van der Waals surface area contributed by atoms with Gasteiger partial charge in [0.05, 0.1) is 17.7 Å². The highest BCUT2D eigenvalue weighted by Gasteiger charge is 2.36. The van der Waals surface area contributed by atoms with E-state index in [-0.39, 0.29) is 23.9 Å². The zero-order valence-electron chi connectivity index (χ0n) is 19.4. The van der Waals surface area contributed by atoms with E-state index in [0.29, 0.717) is 18.7 Å². The SMILES string of the molecule is CC(C)Oc1ccccc1N1CCN(C[C@@H]2CC(C(=O)C3CNc4ccccc43)=NO2)CC1. The molecule has 33 heavy (non-hydrogen) atoms. The first-order valence-corrected chi connectivity index (χ1v) is 11.9. The standard InChI is InChI=1S/C26H32N4O3/c1-18(2)32-25-10-6-5-9-24(25)30-13-11-29(12-14-30)17-19-15-23(28-33-19)26(31)21-16-27-22-8-4-3-7-20(21)22/h3-10,18-19,21,27H,11-17H2,1-2H3/t19-,21?/m0/s1. The zero-order valence-corrected chi connectivity index (χ0v) is 19.4. The zero-order chi connectivity index (χ0) is 22.8. The lowest BCUT2D eigenvalue weighted by Gasteiger charge is -2.37. The Morgan fingerprint density at radius 1 is 1.12 bits per heavy atom. The first-order valence-electron chi connectivity index (χ1n) is 11.9. The lowest BCUT2D eigenvalue weighted by atomic mass is 9.92. The van der Waals surface area contributed by atoms with Crippen molar-refractivity contribution in [2.45, 2.75) is 38.4 Å². The van der Waals surface area contributed by atoms with Crippen molar-refractivity contribution in [2.75, 3.05) is 49.5 Å². The van der Waals surface area contributed by atoms with Gasteiger partial charge in [0.1, 0.15) is 17.6 Å². The molecule has 2 aromatic carbocycles. The van der Waals surface area contributed by atoms with Gasteiger partial charge in [-0.2, -0.15) is 0 Å². The van der Waals surface area contributed by atoms with Crippen LogP contribution >= 0.6 is 0 Å². The Balaban J connectivity index is 1.13. The second-order valence-corrected chi connectivity index (χ2v) is 9.28. The van der Waals surface area contributed by atoms with E-state index in [9.17, 15) is 4.79 Å². The Morgan fingerprint density at radius 2 is 1.88 bits per heavy atom. The number of oxime groups is 1. The molecule has 0 saturated carbocycles. The number of nitrogens with one attached hydrogen (secondary N) is 1. The molecule has 3 aliphatic heterocycles. The fourth-order valence-electron chi connectivity index (χ4n) is 4.92. The summed E-state index contributed by atoms with van der Waals surface area (Å²) in [6, 6.07) is 16.3. The van der Waals surface area contributed by atoms with Crippen LogP contribution < -0.4 is 15.0 Å². The molecular weight excluding hydrogens is 416 g/mol. The second-order valence-electron chi connectivity index (χ2n) is 9.28. The summed E-state index contributed by atoms with van der Waals surface area (Å²) < 4.78 is 6.00. The number of rotatable bonds is 7. The lowest BCUT2D eigenvalue weighted by Crippen LogP contribution is -2.48. The van der Waals surface area contributed by atoms with E-state index in [1.807, 2.05) is 36.4 Å². The maximum atomic E-state index is 13.1. The number of ether oxygens (including phenoxy) is 1. The summed E-state index contributed by atoms with van der Waals surface area (Å²) in [5.74, 6) is 0.861. The van der Waals surface area contributed by atoms with Gasteiger partial charge in [-0.05, 0) is 37.6 Å². The van der Waals surface area contributed by atoms with Crippen molar-refractivity contribution in [1.82, 2.24) is 4.90 Å². The summed E-state index contributed by atoms with van der Waals surface area (Å²) in [7, 11) is 0. The highest BCUT2D eigenvalue weighted by atomic mass is 16.6. The van der Waals surface area contributed by atoms with Gasteiger partial charge in [0, 0.05) is 51.4 Å². The van der Waals surface area contributed by atoms with E-state index in [0.717, 1.165) is 55.4 Å². The van der Waals surface area contributed by atoms with Crippen LogP contribution in [0.4, 0.5) is 11.4 Å². The summed E-state index contributed by atoms with van der Waals surface area (Å²) in [5.41, 5.74) is 3.84. The summed E-state index contributed by atoms with van der Waals surface area (Å²) in [4.78, 5) is 23.5. The molecule has 174 valence electrons. The molecule has 1 saturated heterocycles. The predicted molar refractivity (Wildman–Crippen MR) is 130 cm³/mol. The van der Waals surface area contributed by atoms with E-state index in [4.69, 9.17) is 9.57 Å². The minimum Gasteiger partial charge on any atom is -0.489 e. The minimum absolute atomic E-state index is 0.0586. The fraction of sp³-hybridized carbons (Fsp3) is 0.462. The number of nitrogens with zero attached hydrogens (tertiary/aromatic N) is 3. The number of carbonyl (C=O) groups is 1. The number of Topliss-reactive ketones (excluding diaryl/α,β-unsaturated/α-hetero) is 1. The van der Waals surface area contributed by atoms with Crippen LogP contribution in [-0.2, 0) is 9.63 Å². The largest absolute Gasteiger partial charge is 0.489 e. The molecule has 0 amide bonds. The number of hydrogen-bond acceptors (Lipinski definition) is 7. The fourth-order valence-corrected chi connectivity index (χ4v) is 4.92. The molecular formula is C26H32N4O3. The van der Waals surface area contributed by atoms with Crippen molar-refractivity contribution in [1.29, 1.82) is 0 Å². The molecule has 1 N–H and O–H groups in total. The van der Waals surface area contributed by atoms with Crippen molar-refractivity contribution in [3.63, 3.8) is 0 Å². The smallest absolute Gasteiger partial charge is 0.189 e. The van der Waals surface area contributed by atoms with Gasteiger partial charge in [-0.15, -0.1) is 0 Å². The molecule has 0 aliphatic carbocycles. The average molecular weight is 449 g/mol. The van der Waals surface area contributed by atoms with Gasteiger partial charge in [-0.25, -0.2) is 0 Å². The molecule has 0 radical (unpaired) electrons. The van der Waals surface area contributed by atoms with E-state index in [1.165, 1.54) is 0 Å². The number of anilines is 2. The maximum absolute atomic E-state index is 13.1. The van der Waals surface area contributed by atoms with Crippen LogP contribution in [-0.4, -0.2) is 67.9 Å². The number of fused-ring (bicyclic) bond motifs is 1. The molecule has 1 fully saturated rings. The molecule has 5 rings (SSSR count). The summed E-state index contributed by atoms with van der Waals surface area (Å²) >= 11 is 0. The van der Waals surface area contributed by atoms with E-state index >= 15 is 0 Å². The molecule has 1 unspecified atom stereocenters. The van der Waals surface area contributed by atoms with Crippen LogP contribution in [0.25, 0.3) is 0 Å². The van der Waals surface area contributed by atoms with Crippen LogP contribution in [0.3, 0.4) is 0 Å². The van der Waals surface area contributed by atoms with Crippen molar-refractivity contribution >= 4 is 22.9 Å². The molecule has 0 spiro atoms. The molecule has 3 heterocycles. The van der Waals surface area contributed by atoms with Crippen LogP contribution in [0.5, 0.6) is 5.75 Å². The first-order chi connectivity index (χ1) is 16.1.